The van der Waals surface area contributed by atoms with Gasteiger partial charge in [-0.1, -0.05) is 99.2 Å². The first-order valence-corrected chi connectivity index (χ1v) is 14.4. The maximum Gasteiger partial charge on any atom is 0.397 e. The molecule has 2 saturated carbocycles. The molecule has 5 nitrogen and oxygen atoms in total. The van der Waals surface area contributed by atoms with Gasteiger partial charge in [-0.3, -0.25) is 4.79 Å². The molecule has 0 aromatic heterocycles. The molecular formula is C32H46N2O3. The second-order valence-electron chi connectivity index (χ2n) is 10.5. The Kier molecular flexibility index (Phi) is 13.3. The minimum absolute atomic E-state index is 0.229. The van der Waals surface area contributed by atoms with E-state index in [-0.39, 0.29) is 6.61 Å². The molecule has 202 valence electrons. The Bertz CT molecular complexity index is 891. The van der Waals surface area contributed by atoms with Crippen LogP contribution in [-0.2, 0) is 27.4 Å². The SMILES string of the molecule is CCOC(=O)C(=O)N(Cc1ccccc1)CC1CCCCC1.c1ccc(CNCC2CCCCC2)cc1. The first-order chi connectivity index (χ1) is 18.2. The van der Waals surface area contributed by atoms with Crippen LogP contribution in [0, 0.1) is 11.8 Å². The third-order valence-electron chi connectivity index (χ3n) is 7.49. The number of nitrogens with one attached hydrogen (secondary N) is 1. The fraction of sp³-hybridized carbons (Fsp3) is 0.562. The topological polar surface area (TPSA) is 58.6 Å². The third kappa shape index (κ3) is 11.1. The predicted octanol–water partition coefficient (Wildman–Crippen LogP) is 6.52. The number of amides is 1. The number of nitrogens with zero attached hydrogens (tertiary/aromatic N) is 1. The monoisotopic (exact) mass is 506 g/mol. The zero-order chi connectivity index (χ0) is 26.1. The Morgan fingerprint density at radius 3 is 1.89 bits per heavy atom. The highest BCUT2D eigenvalue weighted by molar-refractivity contribution is 6.32. The molecule has 1 N–H and O–H groups in total. The molecule has 37 heavy (non-hydrogen) atoms. The number of rotatable bonds is 9. The van der Waals surface area contributed by atoms with Gasteiger partial charge in [-0.2, -0.15) is 0 Å². The summed E-state index contributed by atoms with van der Waals surface area (Å²) in [6, 6.07) is 20.5. The van der Waals surface area contributed by atoms with Gasteiger partial charge in [0.25, 0.3) is 0 Å². The molecule has 2 aromatic rings. The number of carbonyl (C=O) groups excluding carboxylic acids is 2. The first kappa shape index (κ1) is 28.9. The van der Waals surface area contributed by atoms with Crippen LogP contribution >= 0.6 is 0 Å². The minimum atomic E-state index is -0.741. The molecule has 0 atom stereocenters. The second-order valence-corrected chi connectivity index (χ2v) is 10.5. The van der Waals surface area contributed by atoms with Crippen LogP contribution in [0.1, 0.15) is 82.3 Å². The molecule has 4 rings (SSSR count). The van der Waals surface area contributed by atoms with Gasteiger partial charge in [-0.25, -0.2) is 4.79 Å². The average molecular weight is 507 g/mol. The van der Waals surface area contributed by atoms with E-state index in [0.29, 0.717) is 19.0 Å². The second kappa shape index (κ2) is 17.0. The Hall–Kier alpha value is -2.66. The number of benzene rings is 2. The van der Waals surface area contributed by atoms with Gasteiger partial charge in [-0.05, 0) is 62.1 Å². The van der Waals surface area contributed by atoms with Crippen LogP contribution in [0.2, 0.25) is 0 Å². The van der Waals surface area contributed by atoms with E-state index in [1.54, 1.807) is 11.8 Å². The van der Waals surface area contributed by atoms with E-state index in [1.807, 2.05) is 30.3 Å². The summed E-state index contributed by atoms with van der Waals surface area (Å²) in [6.45, 7) is 5.29. The van der Waals surface area contributed by atoms with Crippen molar-refractivity contribution < 1.29 is 14.3 Å². The molecule has 2 fully saturated rings. The maximum atomic E-state index is 12.4. The predicted molar refractivity (Wildman–Crippen MR) is 150 cm³/mol. The fourth-order valence-electron chi connectivity index (χ4n) is 5.43. The quantitative estimate of drug-likeness (QED) is 0.311. The van der Waals surface area contributed by atoms with Gasteiger partial charge in [0.15, 0.2) is 0 Å². The Balaban J connectivity index is 0.000000220. The average Bonchev–Trinajstić information content (AvgIpc) is 2.95. The van der Waals surface area contributed by atoms with Gasteiger partial charge in [0.05, 0.1) is 6.61 Å². The van der Waals surface area contributed by atoms with Crippen LogP contribution < -0.4 is 5.32 Å². The van der Waals surface area contributed by atoms with E-state index in [1.165, 1.54) is 63.5 Å². The van der Waals surface area contributed by atoms with Crippen LogP contribution in [0.25, 0.3) is 0 Å². The highest BCUT2D eigenvalue weighted by Crippen LogP contribution is 2.25. The number of ether oxygens (including phenoxy) is 1. The smallest absolute Gasteiger partial charge is 0.397 e. The Morgan fingerprint density at radius 1 is 0.784 bits per heavy atom. The van der Waals surface area contributed by atoms with E-state index in [0.717, 1.165) is 30.9 Å². The molecule has 2 aliphatic rings. The lowest BCUT2D eigenvalue weighted by Gasteiger charge is -2.29. The lowest BCUT2D eigenvalue weighted by Crippen LogP contribution is -2.40. The summed E-state index contributed by atoms with van der Waals surface area (Å²) >= 11 is 0. The minimum Gasteiger partial charge on any atom is -0.459 e. The summed E-state index contributed by atoms with van der Waals surface area (Å²) in [5, 5.41) is 3.57. The van der Waals surface area contributed by atoms with Gasteiger partial charge in [0.2, 0.25) is 0 Å². The standard InChI is InChI=1S/C18H25NO3.C14H21N/c1-2-22-18(21)17(20)19(13-15-9-5-3-6-10-15)14-16-11-7-4-8-12-16;1-3-7-13(8-4-1)11-15-12-14-9-5-2-6-10-14/h3,5-6,9-10,16H,2,4,7-8,11-14H2,1H3;1,3-4,7-8,14-15H,2,5-6,9-12H2. The van der Waals surface area contributed by atoms with Crippen LogP contribution in [0.4, 0.5) is 0 Å². The van der Waals surface area contributed by atoms with Crippen molar-refractivity contribution >= 4 is 11.9 Å². The van der Waals surface area contributed by atoms with Crippen molar-refractivity contribution in [3.63, 3.8) is 0 Å². The number of hydrogen-bond donors (Lipinski definition) is 1. The van der Waals surface area contributed by atoms with Gasteiger partial charge in [0.1, 0.15) is 0 Å². The van der Waals surface area contributed by atoms with E-state index in [9.17, 15) is 9.59 Å². The molecule has 0 radical (unpaired) electrons. The zero-order valence-corrected chi connectivity index (χ0v) is 22.7. The third-order valence-corrected chi connectivity index (χ3v) is 7.49. The lowest BCUT2D eigenvalue weighted by atomic mass is 9.89. The highest BCUT2D eigenvalue weighted by Gasteiger charge is 2.26. The van der Waals surface area contributed by atoms with Crippen molar-refractivity contribution in [2.24, 2.45) is 11.8 Å². The van der Waals surface area contributed by atoms with Crippen molar-refractivity contribution in [2.45, 2.75) is 84.2 Å². The largest absolute Gasteiger partial charge is 0.459 e. The molecule has 0 heterocycles. The molecule has 0 spiro atoms. The summed E-state index contributed by atoms with van der Waals surface area (Å²) in [4.78, 5) is 25.8. The van der Waals surface area contributed by atoms with Crippen LogP contribution in [0.5, 0.6) is 0 Å². The van der Waals surface area contributed by atoms with E-state index < -0.39 is 11.9 Å². The van der Waals surface area contributed by atoms with Crippen molar-refractivity contribution in [1.29, 1.82) is 0 Å². The molecule has 2 aliphatic carbocycles. The van der Waals surface area contributed by atoms with Crippen molar-refractivity contribution in [3.05, 3.63) is 71.8 Å². The Morgan fingerprint density at radius 2 is 1.32 bits per heavy atom. The van der Waals surface area contributed by atoms with Crippen molar-refractivity contribution in [1.82, 2.24) is 10.2 Å². The molecule has 0 bridgehead atoms. The number of hydrogen-bond acceptors (Lipinski definition) is 4. The summed E-state index contributed by atoms with van der Waals surface area (Å²) in [5.41, 5.74) is 2.43. The van der Waals surface area contributed by atoms with E-state index >= 15 is 0 Å². The molecule has 0 aliphatic heterocycles. The van der Waals surface area contributed by atoms with Gasteiger partial charge in [0, 0.05) is 19.6 Å². The number of carbonyl (C=O) groups is 2. The normalized spacial score (nSPS) is 16.4. The molecular weight excluding hydrogens is 460 g/mol. The van der Waals surface area contributed by atoms with Gasteiger partial charge in [-0.15, -0.1) is 0 Å². The van der Waals surface area contributed by atoms with Crippen molar-refractivity contribution in [3.8, 4) is 0 Å². The summed E-state index contributed by atoms with van der Waals surface area (Å²) in [7, 11) is 0. The van der Waals surface area contributed by atoms with Crippen LogP contribution in [0.15, 0.2) is 60.7 Å². The molecule has 0 unspecified atom stereocenters. The van der Waals surface area contributed by atoms with E-state index in [4.69, 9.17) is 4.74 Å². The number of esters is 1. The van der Waals surface area contributed by atoms with E-state index in [2.05, 4.69) is 35.6 Å². The summed E-state index contributed by atoms with van der Waals surface area (Å²) < 4.78 is 4.88. The van der Waals surface area contributed by atoms with Gasteiger partial charge < -0.3 is 15.0 Å². The fourth-order valence-corrected chi connectivity index (χ4v) is 5.43. The molecule has 0 saturated heterocycles. The van der Waals surface area contributed by atoms with Gasteiger partial charge >= 0.3 is 11.9 Å². The molecule has 5 heteroatoms. The summed E-state index contributed by atoms with van der Waals surface area (Å²) in [6.07, 6.45) is 13.2. The lowest BCUT2D eigenvalue weighted by molar-refractivity contribution is -0.160. The van der Waals surface area contributed by atoms with Crippen LogP contribution in [0.3, 0.4) is 0 Å². The van der Waals surface area contributed by atoms with Crippen LogP contribution in [-0.4, -0.2) is 36.5 Å². The Labute approximate surface area is 224 Å². The zero-order valence-electron chi connectivity index (χ0n) is 22.7. The highest BCUT2D eigenvalue weighted by atomic mass is 16.5. The first-order valence-electron chi connectivity index (χ1n) is 14.4. The molecule has 2 aromatic carbocycles. The summed E-state index contributed by atoms with van der Waals surface area (Å²) in [5.74, 6) is 0.170. The van der Waals surface area contributed by atoms with Crippen molar-refractivity contribution in [2.75, 3.05) is 19.7 Å². The maximum absolute atomic E-state index is 12.4. The molecule has 1 amide bonds.